The Morgan fingerprint density at radius 1 is 1.42 bits per heavy atom. The van der Waals surface area contributed by atoms with Gasteiger partial charge >= 0.3 is 5.97 Å². The smallest absolute Gasteiger partial charge is 0.305 e. The first-order chi connectivity index (χ1) is 11.6. The van der Waals surface area contributed by atoms with E-state index in [4.69, 9.17) is 19.9 Å². The molecule has 10 nitrogen and oxygen atoms in total. The molecule has 2 aromatic heterocycles. The fourth-order valence-electron chi connectivity index (χ4n) is 3.05. The van der Waals surface area contributed by atoms with Gasteiger partial charge < -0.3 is 25.1 Å². The molecule has 1 saturated heterocycles. The zero-order valence-electron chi connectivity index (χ0n) is 13.3. The van der Waals surface area contributed by atoms with E-state index in [1.807, 2.05) is 0 Å². The number of anilines is 1. The van der Waals surface area contributed by atoms with Crippen molar-refractivity contribution in [3.05, 3.63) is 12.7 Å². The minimum atomic E-state index is -0.610. The van der Waals surface area contributed by atoms with Gasteiger partial charge in [0.1, 0.15) is 17.9 Å². The lowest BCUT2D eigenvalue weighted by molar-refractivity contribution is -0.143. The highest BCUT2D eigenvalue weighted by atomic mass is 16.6. The summed E-state index contributed by atoms with van der Waals surface area (Å²) in [6.07, 6.45) is 1.26. The quantitative estimate of drug-likeness (QED) is 0.692. The van der Waals surface area contributed by atoms with Gasteiger partial charge in [-0.1, -0.05) is 0 Å². The molecule has 0 spiro atoms. The second-order valence-electron chi connectivity index (χ2n) is 5.48. The number of fused-ring (bicyclic) bond motifs is 1. The topological polar surface area (TPSA) is 135 Å². The second kappa shape index (κ2) is 6.67. The number of ether oxygens (including phenoxy) is 3. The Labute approximate surface area is 137 Å². The molecule has 0 bridgehead atoms. The number of nitrogens with zero attached hydrogens (tertiary/aromatic N) is 4. The number of esters is 1. The first-order valence-corrected chi connectivity index (χ1v) is 7.39. The number of aliphatic hydroxyl groups is 1. The summed E-state index contributed by atoms with van der Waals surface area (Å²) in [5, 5.41) is 9.60. The summed E-state index contributed by atoms with van der Waals surface area (Å²) < 4.78 is 17.8. The number of nitrogens with two attached hydrogens (primary N) is 1. The molecule has 1 fully saturated rings. The summed E-state index contributed by atoms with van der Waals surface area (Å²) >= 11 is 0. The first kappa shape index (κ1) is 16.6. The largest absolute Gasteiger partial charge is 0.469 e. The molecule has 0 radical (unpaired) electrons. The van der Waals surface area contributed by atoms with Gasteiger partial charge in [-0.05, 0) is 0 Å². The molecule has 1 aliphatic heterocycles. The van der Waals surface area contributed by atoms with Crippen molar-refractivity contribution in [2.24, 2.45) is 5.92 Å². The Hall–Kier alpha value is -2.30. The fraction of sp³-hybridized carbons (Fsp3) is 0.571. The van der Waals surface area contributed by atoms with Gasteiger partial charge in [0.05, 0.1) is 32.6 Å². The van der Waals surface area contributed by atoms with Crippen molar-refractivity contribution >= 4 is 23.0 Å². The number of nitrogen functional groups attached to an aromatic ring is 1. The number of aromatic nitrogens is 4. The van der Waals surface area contributed by atoms with Gasteiger partial charge in [0.15, 0.2) is 17.7 Å². The van der Waals surface area contributed by atoms with E-state index in [1.165, 1.54) is 26.9 Å². The van der Waals surface area contributed by atoms with Gasteiger partial charge in [-0.25, -0.2) is 15.0 Å². The standard InChI is InChI=1S/C14H19N5O5/c1-22-9(21)3-7-8(4-20)24-14(11(7)23-2)19-6-18-10-12(15)16-5-17-13(10)19/h5-8,11,14,20H,3-4H2,1-2H3,(H2,15,16,17)/t7-,8-,11-,14-/m1/s1. The molecule has 2 aromatic rings. The van der Waals surface area contributed by atoms with Gasteiger partial charge in [0, 0.05) is 13.0 Å². The van der Waals surface area contributed by atoms with Gasteiger partial charge in [0.2, 0.25) is 0 Å². The average Bonchev–Trinajstić information content (AvgIpc) is 3.16. The molecule has 10 heteroatoms. The lowest BCUT2D eigenvalue weighted by Gasteiger charge is -2.22. The van der Waals surface area contributed by atoms with Gasteiger partial charge in [0.25, 0.3) is 0 Å². The van der Waals surface area contributed by atoms with Crippen LogP contribution >= 0.6 is 0 Å². The van der Waals surface area contributed by atoms with Crippen molar-refractivity contribution in [1.29, 1.82) is 0 Å². The number of hydrogen-bond acceptors (Lipinski definition) is 9. The van der Waals surface area contributed by atoms with E-state index in [1.54, 1.807) is 4.57 Å². The summed E-state index contributed by atoms with van der Waals surface area (Å²) in [7, 11) is 2.84. The Morgan fingerprint density at radius 2 is 2.21 bits per heavy atom. The number of imidazole rings is 1. The molecule has 24 heavy (non-hydrogen) atoms. The minimum Gasteiger partial charge on any atom is -0.469 e. The van der Waals surface area contributed by atoms with Crippen molar-refractivity contribution in [3.8, 4) is 0 Å². The zero-order chi connectivity index (χ0) is 17.3. The SMILES string of the molecule is COC(=O)C[C@H]1[C@@H](OC)[C@H](n2cnc3c(N)ncnc32)O[C@@H]1CO. The fourth-order valence-corrected chi connectivity index (χ4v) is 3.05. The van der Waals surface area contributed by atoms with Crippen LogP contribution in [0.2, 0.25) is 0 Å². The Morgan fingerprint density at radius 3 is 2.88 bits per heavy atom. The third-order valence-electron chi connectivity index (χ3n) is 4.24. The molecule has 4 atom stereocenters. The summed E-state index contributed by atoms with van der Waals surface area (Å²) in [6, 6.07) is 0. The van der Waals surface area contributed by atoms with Crippen LogP contribution in [0.5, 0.6) is 0 Å². The lowest BCUT2D eigenvalue weighted by Crippen LogP contribution is -2.32. The number of aliphatic hydroxyl groups excluding tert-OH is 1. The molecule has 130 valence electrons. The highest BCUT2D eigenvalue weighted by Gasteiger charge is 2.47. The summed E-state index contributed by atoms with van der Waals surface area (Å²) in [5.74, 6) is -0.503. The maximum absolute atomic E-state index is 11.7. The number of hydrogen-bond donors (Lipinski definition) is 2. The normalized spacial score (nSPS) is 26.8. The van der Waals surface area contributed by atoms with Crippen LogP contribution in [-0.2, 0) is 19.0 Å². The molecule has 3 heterocycles. The second-order valence-corrected chi connectivity index (χ2v) is 5.48. The van der Waals surface area contributed by atoms with Crippen molar-refractivity contribution in [1.82, 2.24) is 19.5 Å². The first-order valence-electron chi connectivity index (χ1n) is 7.39. The summed E-state index contributed by atoms with van der Waals surface area (Å²) in [5.41, 5.74) is 6.74. The maximum atomic E-state index is 11.7. The zero-order valence-corrected chi connectivity index (χ0v) is 13.3. The van der Waals surface area contributed by atoms with Gasteiger partial charge in [-0.15, -0.1) is 0 Å². The van der Waals surface area contributed by atoms with Gasteiger partial charge in [-0.2, -0.15) is 0 Å². The average molecular weight is 337 g/mol. The maximum Gasteiger partial charge on any atom is 0.305 e. The van der Waals surface area contributed by atoms with Crippen molar-refractivity contribution in [2.45, 2.75) is 24.9 Å². The molecule has 0 aliphatic carbocycles. The Balaban J connectivity index is 1.97. The van der Waals surface area contributed by atoms with Gasteiger partial charge in [-0.3, -0.25) is 9.36 Å². The van der Waals surface area contributed by atoms with Crippen LogP contribution in [0.4, 0.5) is 5.82 Å². The van der Waals surface area contributed by atoms with Crippen LogP contribution in [0.15, 0.2) is 12.7 Å². The van der Waals surface area contributed by atoms with E-state index in [0.717, 1.165) is 0 Å². The molecule has 0 amide bonds. The van der Waals surface area contributed by atoms with E-state index < -0.39 is 24.4 Å². The number of carbonyl (C=O) groups is 1. The third kappa shape index (κ3) is 2.68. The van der Waals surface area contributed by atoms with E-state index in [-0.39, 0.29) is 24.8 Å². The summed E-state index contributed by atoms with van der Waals surface area (Å²) in [6.45, 7) is -0.248. The Kier molecular flexibility index (Phi) is 4.60. The van der Waals surface area contributed by atoms with Crippen LogP contribution in [-0.4, -0.2) is 63.6 Å². The van der Waals surface area contributed by atoms with Crippen molar-refractivity contribution in [2.75, 3.05) is 26.6 Å². The number of rotatable bonds is 5. The van der Waals surface area contributed by atoms with Crippen LogP contribution < -0.4 is 5.73 Å². The van der Waals surface area contributed by atoms with Crippen LogP contribution in [0, 0.1) is 5.92 Å². The van der Waals surface area contributed by atoms with Crippen LogP contribution in [0.3, 0.4) is 0 Å². The molecule has 0 unspecified atom stereocenters. The van der Waals surface area contributed by atoms with Crippen molar-refractivity contribution in [3.63, 3.8) is 0 Å². The number of methoxy groups -OCH3 is 2. The van der Waals surface area contributed by atoms with Crippen molar-refractivity contribution < 1.29 is 24.1 Å². The molecule has 1 aliphatic rings. The lowest BCUT2D eigenvalue weighted by atomic mass is 9.94. The Bertz CT molecular complexity index is 735. The molecule has 0 saturated carbocycles. The molecule has 0 aromatic carbocycles. The predicted molar refractivity (Wildman–Crippen MR) is 81.7 cm³/mol. The molecule has 3 N–H and O–H groups in total. The predicted octanol–water partition coefficient (Wildman–Crippen LogP) is -0.507. The van der Waals surface area contributed by atoms with E-state index in [2.05, 4.69) is 15.0 Å². The van der Waals surface area contributed by atoms with E-state index in [0.29, 0.717) is 11.2 Å². The van der Waals surface area contributed by atoms with E-state index >= 15 is 0 Å². The van der Waals surface area contributed by atoms with E-state index in [9.17, 15) is 9.90 Å². The number of carbonyl (C=O) groups excluding carboxylic acids is 1. The summed E-state index contributed by atoms with van der Waals surface area (Å²) in [4.78, 5) is 24.0. The molecular weight excluding hydrogens is 318 g/mol. The van der Waals surface area contributed by atoms with Crippen LogP contribution in [0.25, 0.3) is 11.2 Å². The minimum absolute atomic E-state index is 0.0699. The van der Waals surface area contributed by atoms with Crippen LogP contribution in [0.1, 0.15) is 12.6 Å². The molecule has 3 rings (SSSR count). The highest BCUT2D eigenvalue weighted by molar-refractivity contribution is 5.81. The highest BCUT2D eigenvalue weighted by Crippen LogP contribution is 2.39. The third-order valence-corrected chi connectivity index (χ3v) is 4.24. The monoisotopic (exact) mass is 337 g/mol. The molecular formula is C14H19N5O5.